The predicted octanol–water partition coefficient (Wildman–Crippen LogP) is 5.83. The van der Waals surface area contributed by atoms with Crippen molar-refractivity contribution in [3.63, 3.8) is 0 Å². The van der Waals surface area contributed by atoms with Gasteiger partial charge in [0.05, 0.1) is 13.1 Å². The molecular weight excluding hydrogens is 697 g/mol. The molecule has 2 aliphatic rings. The largest absolute Gasteiger partial charge is 0.486 e. The first-order chi connectivity index (χ1) is 22.4. The van der Waals surface area contributed by atoms with Gasteiger partial charge >= 0.3 is 0 Å². The van der Waals surface area contributed by atoms with Crippen LogP contribution < -0.4 is 35.8 Å². The third-order valence-electron chi connectivity index (χ3n) is 7.94. The van der Waals surface area contributed by atoms with Gasteiger partial charge in [0.1, 0.15) is 26.4 Å². The van der Waals surface area contributed by atoms with Gasteiger partial charge < -0.3 is 33.8 Å². The van der Waals surface area contributed by atoms with Crippen LogP contribution in [-0.4, -0.2) is 35.6 Å². The van der Waals surface area contributed by atoms with Gasteiger partial charge in [-0.2, -0.15) is 0 Å². The third-order valence-corrected chi connectivity index (χ3v) is 8.88. The van der Waals surface area contributed by atoms with E-state index in [2.05, 4.69) is 22.6 Å². The molecule has 0 unspecified atom stereocenters. The lowest BCUT2D eigenvalue weighted by Gasteiger charge is -2.19. The molecule has 232 valence electrons. The monoisotopic (exact) mass is 727 g/mol. The van der Waals surface area contributed by atoms with Crippen LogP contribution in [0.3, 0.4) is 0 Å². The second-order valence-electron chi connectivity index (χ2n) is 11.0. The quantitative estimate of drug-likeness (QED) is 0.180. The smallest absolute Gasteiger partial charge is 0.258 e. The normalized spacial score (nSPS) is 13.2. The van der Waals surface area contributed by atoms with E-state index >= 15 is 0 Å². The molecule has 0 fully saturated rings. The highest BCUT2D eigenvalue weighted by Gasteiger charge is 2.14. The Bertz CT molecular complexity index is 2050. The van der Waals surface area contributed by atoms with Gasteiger partial charge in [-0.15, -0.1) is 0 Å². The molecule has 10 heteroatoms. The Labute approximate surface area is 277 Å². The summed E-state index contributed by atoms with van der Waals surface area (Å²) >= 11 is 2.26. The Morgan fingerprint density at radius 3 is 1.61 bits per heavy atom. The third kappa shape index (κ3) is 6.00. The van der Waals surface area contributed by atoms with Gasteiger partial charge in [-0.05, 0) is 94.4 Å². The molecule has 9 nitrogen and oxygen atoms in total. The second kappa shape index (κ2) is 12.8. The zero-order valence-electron chi connectivity index (χ0n) is 24.8. The first-order valence-corrected chi connectivity index (χ1v) is 15.9. The van der Waals surface area contributed by atoms with Gasteiger partial charge in [0.25, 0.3) is 11.1 Å². The van der Waals surface area contributed by atoms with E-state index in [9.17, 15) is 9.59 Å². The number of rotatable bonds is 4. The van der Waals surface area contributed by atoms with E-state index in [-0.39, 0.29) is 11.1 Å². The number of nitrogens with zero attached hydrogens (tertiary/aromatic N) is 2. The van der Waals surface area contributed by atoms with Gasteiger partial charge in [0.15, 0.2) is 23.0 Å². The number of nitrogens with two attached hydrogens (primary N) is 1. The molecule has 6 aromatic rings. The van der Waals surface area contributed by atoms with Crippen molar-refractivity contribution < 1.29 is 18.9 Å². The molecule has 0 aliphatic carbocycles. The number of hydrogen-bond donors (Lipinski definition) is 1. The zero-order valence-corrected chi connectivity index (χ0v) is 26.9. The van der Waals surface area contributed by atoms with Gasteiger partial charge in [-0.25, -0.2) is 0 Å². The molecule has 0 bridgehead atoms. The molecule has 4 heterocycles. The summed E-state index contributed by atoms with van der Waals surface area (Å²) in [5.74, 6) is 2.99. The zero-order chi connectivity index (χ0) is 31.6. The molecule has 0 radical (unpaired) electrons. The van der Waals surface area contributed by atoms with Crippen molar-refractivity contribution >= 4 is 49.8 Å². The van der Waals surface area contributed by atoms with E-state index in [4.69, 9.17) is 24.7 Å². The van der Waals surface area contributed by atoms with Crippen LogP contribution in [0.2, 0.25) is 0 Å². The maximum atomic E-state index is 12.7. The summed E-state index contributed by atoms with van der Waals surface area (Å²) < 4.78 is 26.7. The molecule has 2 aromatic heterocycles. The number of benzene rings is 4. The molecule has 2 aliphatic heterocycles. The summed E-state index contributed by atoms with van der Waals surface area (Å²) in [6.07, 6.45) is 3.63. The fourth-order valence-corrected chi connectivity index (χ4v) is 6.31. The minimum absolute atomic E-state index is 0.0240. The summed E-state index contributed by atoms with van der Waals surface area (Å²) in [5, 5.41) is 3.16. The van der Waals surface area contributed by atoms with Crippen molar-refractivity contribution in [3.05, 3.63) is 133 Å². The molecule has 2 N–H and O–H groups in total. The van der Waals surface area contributed by atoms with Gasteiger partial charge in [-0.1, -0.05) is 24.3 Å². The molecule has 4 aromatic carbocycles. The molecule has 0 saturated carbocycles. The number of ether oxygens (including phenoxy) is 4. The molecular formula is C36H30IN3O6. The number of pyridine rings is 2. The van der Waals surface area contributed by atoms with E-state index in [1.54, 1.807) is 33.5 Å². The van der Waals surface area contributed by atoms with Crippen molar-refractivity contribution in [2.75, 3.05) is 32.2 Å². The summed E-state index contributed by atoms with van der Waals surface area (Å²) in [7, 11) is 0. The standard InChI is InChI=1S/C18H14INO3.C18H16N2O3/c2*19-15-3-1-2-14-13(15)6-7-20(18(14)21)11-12-4-5-16-17(10-12)23-9-8-22-16/h1-7,10H,8-9,11H2;1-7,10H,8-9,11,19H2. The van der Waals surface area contributed by atoms with Crippen molar-refractivity contribution in [1.82, 2.24) is 9.13 Å². The number of hydrogen-bond acceptors (Lipinski definition) is 7. The Kier molecular flexibility index (Phi) is 8.27. The lowest BCUT2D eigenvalue weighted by atomic mass is 10.1. The van der Waals surface area contributed by atoms with E-state index in [1.165, 1.54) is 0 Å². The minimum Gasteiger partial charge on any atom is -0.486 e. The van der Waals surface area contributed by atoms with Crippen LogP contribution in [0.4, 0.5) is 5.69 Å². The van der Waals surface area contributed by atoms with Crippen molar-refractivity contribution in [3.8, 4) is 23.0 Å². The second-order valence-corrected chi connectivity index (χ2v) is 12.1. The lowest BCUT2D eigenvalue weighted by molar-refractivity contribution is 0.171. The SMILES string of the molecule is Nc1cccc2c(=O)n(Cc3ccc4c(c3)OCCO4)ccc12.O=c1c2cccc(I)c2ccn1Cc1ccc2c(c1)OCCO2. The summed E-state index contributed by atoms with van der Waals surface area (Å²) in [6.45, 7) is 3.24. The van der Waals surface area contributed by atoms with Crippen molar-refractivity contribution in [1.29, 1.82) is 0 Å². The first kappa shape index (κ1) is 29.7. The molecule has 0 saturated heterocycles. The van der Waals surface area contributed by atoms with Gasteiger partial charge in [0, 0.05) is 43.2 Å². The Balaban J connectivity index is 0.000000147. The minimum atomic E-state index is -0.0512. The average Bonchev–Trinajstić information content (AvgIpc) is 3.08. The predicted molar refractivity (Wildman–Crippen MR) is 187 cm³/mol. The van der Waals surface area contributed by atoms with Crippen molar-refractivity contribution in [2.45, 2.75) is 13.1 Å². The summed E-state index contributed by atoms with van der Waals surface area (Å²) in [6, 6.07) is 26.6. The summed E-state index contributed by atoms with van der Waals surface area (Å²) in [5.41, 5.74) is 8.52. The highest BCUT2D eigenvalue weighted by molar-refractivity contribution is 14.1. The van der Waals surface area contributed by atoms with Crippen LogP contribution in [0.15, 0.2) is 107 Å². The Morgan fingerprint density at radius 2 is 1.04 bits per heavy atom. The number of anilines is 1. The van der Waals surface area contributed by atoms with Crippen LogP contribution in [-0.2, 0) is 13.1 Å². The maximum absolute atomic E-state index is 12.7. The maximum Gasteiger partial charge on any atom is 0.258 e. The van der Waals surface area contributed by atoms with E-state index in [0.29, 0.717) is 50.6 Å². The van der Waals surface area contributed by atoms with Crippen LogP contribution in [0, 0.1) is 3.57 Å². The highest BCUT2D eigenvalue weighted by Crippen LogP contribution is 2.32. The molecule has 0 atom stereocenters. The average molecular weight is 728 g/mol. The number of aromatic nitrogens is 2. The first-order valence-electron chi connectivity index (χ1n) is 14.9. The highest BCUT2D eigenvalue weighted by atomic mass is 127. The van der Waals surface area contributed by atoms with Gasteiger partial charge in [0.2, 0.25) is 0 Å². The van der Waals surface area contributed by atoms with E-state index in [1.807, 2.05) is 72.9 Å². The Hall–Kier alpha value is -4.97. The fraction of sp³-hybridized carbons (Fsp3) is 0.167. The van der Waals surface area contributed by atoms with Crippen LogP contribution in [0.5, 0.6) is 23.0 Å². The number of fused-ring (bicyclic) bond motifs is 4. The topological polar surface area (TPSA) is 107 Å². The lowest BCUT2D eigenvalue weighted by Crippen LogP contribution is -2.20. The van der Waals surface area contributed by atoms with E-state index < -0.39 is 0 Å². The number of halogens is 1. The molecule has 0 amide bonds. The van der Waals surface area contributed by atoms with Crippen molar-refractivity contribution in [2.24, 2.45) is 0 Å². The van der Waals surface area contributed by atoms with Gasteiger partial charge in [-0.3, -0.25) is 9.59 Å². The number of nitrogen functional groups attached to an aromatic ring is 1. The van der Waals surface area contributed by atoms with Crippen LogP contribution in [0.25, 0.3) is 21.5 Å². The fourth-order valence-electron chi connectivity index (χ4n) is 5.64. The van der Waals surface area contributed by atoms with E-state index in [0.717, 1.165) is 53.9 Å². The molecule has 0 spiro atoms. The Morgan fingerprint density at radius 1 is 0.565 bits per heavy atom. The summed E-state index contributed by atoms with van der Waals surface area (Å²) in [4.78, 5) is 25.3. The molecule has 8 rings (SSSR count). The van der Waals surface area contributed by atoms with Crippen LogP contribution >= 0.6 is 22.6 Å². The molecule has 46 heavy (non-hydrogen) atoms. The van der Waals surface area contributed by atoms with Crippen LogP contribution in [0.1, 0.15) is 11.1 Å².